The summed E-state index contributed by atoms with van der Waals surface area (Å²) < 4.78 is 43.2. The van der Waals surface area contributed by atoms with Gasteiger partial charge in [0.05, 0.1) is 11.5 Å². The molecule has 1 aliphatic rings. The predicted molar refractivity (Wildman–Crippen MR) is 107 cm³/mol. The fraction of sp³-hybridized carbons (Fsp3) is 0.318. The van der Waals surface area contributed by atoms with Gasteiger partial charge in [-0.2, -0.15) is 13.2 Å². The number of halogens is 3. The highest BCUT2D eigenvalue weighted by atomic mass is 19.4. The molecule has 1 heterocycles. The van der Waals surface area contributed by atoms with E-state index in [4.69, 9.17) is 4.74 Å². The fourth-order valence-electron chi connectivity index (χ4n) is 3.33. The van der Waals surface area contributed by atoms with Crippen LogP contribution in [-0.2, 0) is 25.3 Å². The number of carbonyl (C=O) groups is 3. The molecule has 9 heteroatoms. The minimum absolute atomic E-state index is 0.0402. The number of alkyl halides is 3. The molecule has 0 saturated carbocycles. The Labute approximate surface area is 177 Å². The number of esters is 1. The molecule has 2 aromatic carbocycles. The number of aryl methyl sites for hydroxylation is 2. The first kappa shape index (κ1) is 22.3. The Morgan fingerprint density at radius 3 is 2.61 bits per heavy atom. The molecule has 6 nitrogen and oxygen atoms in total. The van der Waals surface area contributed by atoms with Gasteiger partial charge in [-0.3, -0.25) is 14.4 Å². The van der Waals surface area contributed by atoms with E-state index in [-0.39, 0.29) is 24.6 Å². The average Bonchev–Trinajstić information content (AvgIpc) is 3.09. The molecule has 0 aromatic heterocycles. The molecule has 1 N–H and O–H groups in total. The summed E-state index contributed by atoms with van der Waals surface area (Å²) in [6, 6.07) is 9.81. The molecule has 0 bridgehead atoms. The first-order chi connectivity index (χ1) is 14.5. The summed E-state index contributed by atoms with van der Waals surface area (Å²) in [5, 5.41) is 2.26. The Morgan fingerprint density at radius 2 is 1.90 bits per heavy atom. The third-order valence-corrected chi connectivity index (χ3v) is 4.93. The van der Waals surface area contributed by atoms with Crippen molar-refractivity contribution in [3.05, 3.63) is 59.2 Å². The lowest BCUT2D eigenvalue weighted by atomic mass is 10.1. The van der Waals surface area contributed by atoms with Crippen molar-refractivity contribution in [2.24, 2.45) is 5.92 Å². The maximum absolute atomic E-state index is 12.8. The highest BCUT2D eigenvalue weighted by Gasteiger charge is 2.37. The van der Waals surface area contributed by atoms with E-state index in [0.29, 0.717) is 0 Å². The third kappa shape index (κ3) is 5.42. The number of nitrogens with one attached hydrogen (secondary N) is 1. The monoisotopic (exact) mass is 434 g/mol. The van der Waals surface area contributed by atoms with Crippen LogP contribution in [0, 0.1) is 19.8 Å². The van der Waals surface area contributed by atoms with Crippen molar-refractivity contribution >= 4 is 29.2 Å². The molecule has 2 amide bonds. The van der Waals surface area contributed by atoms with Crippen LogP contribution in [-0.4, -0.2) is 30.9 Å². The number of hydrogen-bond donors (Lipinski definition) is 1. The summed E-state index contributed by atoms with van der Waals surface area (Å²) in [6.07, 6.45) is -4.58. The fourth-order valence-corrected chi connectivity index (χ4v) is 3.33. The van der Waals surface area contributed by atoms with E-state index in [9.17, 15) is 27.6 Å². The smallest absolute Gasteiger partial charge is 0.416 e. The molecule has 0 radical (unpaired) electrons. The van der Waals surface area contributed by atoms with Crippen LogP contribution in [0.15, 0.2) is 42.5 Å². The van der Waals surface area contributed by atoms with E-state index in [2.05, 4.69) is 5.32 Å². The maximum atomic E-state index is 12.8. The summed E-state index contributed by atoms with van der Waals surface area (Å²) in [4.78, 5) is 38.2. The normalized spacial score (nSPS) is 16.4. The van der Waals surface area contributed by atoms with Crippen LogP contribution in [0.1, 0.15) is 23.1 Å². The van der Waals surface area contributed by atoms with Crippen molar-refractivity contribution in [3.63, 3.8) is 0 Å². The number of ether oxygens (including phenoxy) is 1. The zero-order valence-corrected chi connectivity index (χ0v) is 17.0. The van der Waals surface area contributed by atoms with Crippen LogP contribution in [0.25, 0.3) is 0 Å². The number of carbonyl (C=O) groups excluding carboxylic acids is 3. The van der Waals surface area contributed by atoms with E-state index in [1.807, 2.05) is 32.0 Å². The minimum Gasteiger partial charge on any atom is -0.455 e. The SMILES string of the molecule is Cc1ccc(C)c(N2C[C@@H](C(=O)OCC(=O)Nc3cccc(C(F)(F)F)c3)CC2=O)c1. The molecule has 1 atom stereocenters. The van der Waals surface area contributed by atoms with Crippen LogP contribution >= 0.6 is 0 Å². The lowest BCUT2D eigenvalue weighted by Gasteiger charge is -2.19. The quantitative estimate of drug-likeness (QED) is 0.726. The zero-order chi connectivity index (χ0) is 22.8. The molecule has 0 unspecified atom stereocenters. The third-order valence-electron chi connectivity index (χ3n) is 4.93. The van der Waals surface area contributed by atoms with Crippen molar-refractivity contribution in [2.45, 2.75) is 26.4 Å². The summed E-state index contributed by atoms with van der Waals surface area (Å²) in [5.74, 6) is -2.43. The second-order valence-electron chi connectivity index (χ2n) is 7.43. The van der Waals surface area contributed by atoms with Crippen molar-refractivity contribution in [3.8, 4) is 0 Å². The summed E-state index contributed by atoms with van der Waals surface area (Å²) in [7, 11) is 0. The Bertz CT molecular complexity index is 1020. The Hall–Kier alpha value is -3.36. The van der Waals surface area contributed by atoms with E-state index >= 15 is 0 Å². The van der Waals surface area contributed by atoms with Gasteiger partial charge in [-0.1, -0.05) is 18.2 Å². The van der Waals surface area contributed by atoms with Gasteiger partial charge in [-0.05, 0) is 49.2 Å². The summed E-state index contributed by atoms with van der Waals surface area (Å²) >= 11 is 0. The van der Waals surface area contributed by atoms with E-state index in [1.165, 1.54) is 11.0 Å². The maximum Gasteiger partial charge on any atom is 0.416 e. The van der Waals surface area contributed by atoms with Crippen molar-refractivity contribution in [1.82, 2.24) is 0 Å². The molecule has 1 saturated heterocycles. The van der Waals surface area contributed by atoms with E-state index < -0.39 is 36.1 Å². The molecule has 3 rings (SSSR count). The number of benzene rings is 2. The van der Waals surface area contributed by atoms with Gasteiger partial charge in [0.1, 0.15) is 0 Å². The van der Waals surface area contributed by atoms with Gasteiger partial charge in [0, 0.05) is 24.3 Å². The molecule has 1 fully saturated rings. The molecule has 1 aliphatic heterocycles. The van der Waals surface area contributed by atoms with Crippen LogP contribution in [0.3, 0.4) is 0 Å². The largest absolute Gasteiger partial charge is 0.455 e. The Kier molecular flexibility index (Phi) is 6.33. The molecular formula is C22H21F3N2O4. The van der Waals surface area contributed by atoms with Crippen LogP contribution < -0.4 is 10.2 Å². The standard InChI is InChI=1S/C22H21F3N2O4/c1-13-6-7-14(2)18(8-13)27-11-15(9-20(27)29)21(30)31-12-19(28)26-17-5-3-4-16(10-17)22(23,24)25/h3-8,10,15H,9,11-12H2,1-2H3,(H,26,28)/t15-/m0/s1. The first-order valence-electron chi connectivity index (χ1n) is 9.56. The van der Waals surface area contributed by atoms with Crippen molar-refractivity contribution < 1.29 is 32.3 Å². The lowest BCUT2D eigenvalue weighted by molar-refractivity contribution is -0.151. The molecular weight excluding hydrogens is 413 g/mol. The summed E-state index contributed by atoms with van der Waals surface area (Å²) in [6.45, 7) is 3.24. The minimum atomic E-state index is -4.54. The van der Waals surface area contributed by atoms with Gasteiger partial charge in [-0.15, -0.1) is 0 Å². The zero-order valence-electron chi connectivity index (χ0n) is 17.0. The van der Waals surface area contributed by atoms with Gasteiger partial charge in [-0.25, -0.2) is 0 Å². The number of amides is 2. The van der Waals surface area contributed by atoms with E-state index in [1.54, 1.807) is 0 Å². The van der Waals surface area contributed by atoms with E-state index in [0.717, 1.165) is 35.0 Å². The number of anilines is 2. The van der Waals surface area contributed by atoms with Crippen LogP contribution in [0.2, 0.25) is 0 Å². The van der Waals surface area contributed by atoms with Gasteiger partial charge < -0.3 is 15.0 Å². The van der Waals surface area contributed by atoms with Crippen LogP contribution in [0.4, 0.5) is 24.5 Å². The second kappa shape index (κ2) is 8.79. The van der Waals surface area contributed by atoms with Gasteiger partial charge in [0.2, 0.25) is 5.91 Å². The van der Waals surface area contributed by atoms with Gasteiger partial charge >= 0.3 is 12.1 Å². The second-order valence-corrected chi connectivity index (χ2v) is 7.43. The number of rotatable bonds is 5. The summed E-state index contributed by atoms with van der Waals surface area (Å²) in [5.41, 5.74) is 1.63. The highest BCUT2D eigenvalue weighted by molar-refractivity contribution is 6.00. The molecule has 164 valence electrons. The van der Waals surface area contributed by atoms with Crippen molar-refractivity contribution in [2.75, 3.05) is 23.4 Å². The van der Waals surface area contributed by atoms with Crippen LogP contribution in [0.5, 0.6) is 0 Å². The van der Waals surface area contributed by atoms with Gasteiger partial charge in [0.15, 0.2) is 6.61 Å². The Balaban J connectivity index is 1.56. The molecule has 0 aliphatic carbocycles. The topological polar surface area (TPSA) is 75.7 Å². The lowest BCUT2D eigenvalue weighted by Crippen LogP contribution is -2.28. The average molecular weight is 434 g/mol. The van der Waals surface area contributed by atoms with Gasteiger partial charge in [0.25, 0.3) is 5.91 Å². The molecule has 0 spiro atoms. The highest BCUT2D eigenvalue weighted by Crippen LogP contribution is 2.31. The predicted octanol–water partition coefficient (Wildman–Crippen LogP) is 3.86. The van der Waals surface area contributed by atoms with Crippen molar-refractivity contribution in [1.29, 1.82) is 0 Å². The molecule has 2 aromatic rings. The molecule has 31 heavy (non-hydrogen) atoms. The number of hydrogen-bond acceptors (Lipinski definition) is 4. The Morgan fingerprint density at radius 1 is 1.16 bits per heavy atom. The first-order valence-corrected chi connectivity index (χ1v) is 9.56. The number of nitrogens with zero attached hydrogens (tertiary/aromatic N) is 1.